The fourth-order valence-electron chi connectivity index (χ4n) is 2.53. The Hall–Kier alpha value is -2.28. The molecular weight excluding hydrogens is 444 g/mol. The van der Waals surface area contributed by atoms with Gasteiger partial charge in [-0.1, -0.05) is 30.3 Å². The number of carbonyl (C=O) groups is 4. The summed E-state index contributed by atoms with van der Waals surface area (Å²) in [5.41, 5.74) is 6.30. The van der Waals surface area contributed by atoms with E-state index in [0.29, 0.717) is 5.56 Å². The molecule has 31 heavy (non-hydrogen) atoms. The van der Waals surface area contributed by atoms with Gasteiger partial charge in [0.05, 0.1) is 12.1 Å². The number of hydrogen-bond acceptors (Lipinski definition) is 8. The topological polar surface area (TPSA) is 171 Å². The maximum absolute atomic E-state index is 12.8. The molecule has 3 amide bonds. The summed E-state index contributed by atoms with van der Waals surface area (Å²) in [5, 5.41) is 26.0. The zero-order chi connectivity index (χ0) is 23.6. The van der Waals surface area contributed by atoms with E-state index >= 15 is 0 Å². The van der Waals surface area contributed by atoms with Gasteiger partial charge in [-0.25, -0.2) is 4.79 Å². The van der Waals surface area contributed by atoms with Crippen LogP contribution in [0.5, 0.6) is 0 Å². The Kier molecular flexibility index (Phi) is 11.4. The second kappa shape index (κ2) is 13.2. The normalized spacial score (nSPS) is 15.6. The number of rotatable bonds is 12. The number of benzene rings is 1. The summed E-state index contributed by atoms with van der Waals surface area (Å²) < 4.78 is 0. The number of carboxylic acid groups (broad SMARTS) is 1. The van der Waals surface area contributed by atoms with Crippen LogP contribution in [0.4, 0.5) is 0 Å². The van der Waals surface area contributed by atoms with Gasteiger partial charge in [0, 0.05) is 17.9 Å². The van der Waals surface area contributed by atoms with Gasteiger partial charge < -0.3 is 31.9 Å². The van der Waals surface area contributed by atoms with E-state index in [1.54, 1.807) is 30.3 Å². The first kappa shape index (κ1) is 26.8. The molecule has 0 saturated heterocycles. The van der Waals surface area contributed by atoms with Crippen molar-refractivity contribution >= 4 is 48.9 Å². The molecule has 0 aromatic heterocycles. The van der Waals surface area contributed by atoms with Gasteiger partial charge in [0.25, 0.3) is 0 Å². The Morgan fingerprint density at radius 3 is 1.97 bits per heavy atom. The lowest BCUT2D eigenvalue weighted by Gasteiger charge is -2.25. The van der Waals surface area contributed by atoms with E-state index in [4.69, 9.17) is 5.73 Å². The van der Waals surface area contributed by atoms with Gasteiger partial charge in [-0.2, -0.15) is 25.3 Å². The molecule has 172 valence electrons. The number of nitrogens with one attached hydrogen (secondary N) is 3. The number of thiol groups is 2. The van der Waals surface area contributed by atoms with Crippen molar-refractivity contribution in [2.75, 3.05) is 11.5 Å². The summed E-state index contributed by atoms with van der Waals surface area (Å²) >= 11 is 8.00. The van der Waals surface area contributed by atoms with E-state index in [1.165, 1.54) is 6.92 Å². The Balaban J connectivity index is 3.01. The van der Waals surface area contributed by atoms with E-state index in [0.717, 1.165) is 0 Å². The highest BCUT2D eigenvalue weighted by atomic mass is 32.1. The molecule has 1 aromatic rings. The fraction of sp³-hybridized carbons (Fsp3) is 0.474. The second-order valence-electron chi connectivity index (χ2n) is 6.85. The molecule has 0 aliphatic carbocycles. The van der Waals surface area contributed by atoms with Crippen molar-refractivity contribution < 1.29 is 29.4 Å². The molecule has 0 fully saturated rings. The standard InChI is InChI=1S/C19H28N4O6S2/c1-10(24)15(19(28)29)23-17(26)13(7-11-5-3-2-4-6-11)21-18(27)14(9-31)22-16(25)12(20)8-30/h2-6,10,12-15,24,30-31H,7-9,20H2,1H3,(H,21,27)(H,22,25)(H,23,26)(H,28,29). The lowest BCUT2D eigenvalue weighted by Crippen LogP contribution is -2.59. The lowest BCUT2D eigenvalue weighted by atomic mass is 10.0. The van der Waals surface area contributed by atoms with Crippen LogP contribution >= 0.6 is 25.3 Å². The first-order valence-electron chi connectivity index (χ1n) is 9.43. The Labute approximate surface area is 191 Å². The summed E-state index contributed by atoms with van der Waals surface area (Å²) in [5.74, 6) is -3.52. The minimum Gasteiger partial charge on any atom is -0.480 e. The molecule has 7 N–H and O–H groups in total. The molecule has 0 aliphatic rings. The van der Waals surface area contributed by atoms with Crippen LogP contribution in [0.2, 0.25) is 0 Å². The molecule has 0 aliphatic heterocycles. The van der Waals surface area contributed by atoms with Crippen LogP contribution in [0.3, 0.4) is 0 Å². The highest BCUT2D eigenvalue weighted by Crippen LogP contribution is 2.06. The van der Waals surface area contributed by atoms with E-state index < -0.39 is 54.0 Å². The van der Waals surface area contributed by atoms with E-state index in [2.05, 4.69) is 41.2 Å². The molecule has 10 nitrogen and oxygen atoms in total. The van der Waals surface area contributed by atoms with Gasteiger partial charge in [0.1, 0.15) is 12.1 Å². The lowest BCUT2D eigenvalue weighted by molar-refractivity contribution is -0.145. The maximum Gasteiger partial charge on any atom is 0.328 e. The van der Waals surface area contributed by atoms with Crippen molar-refractivity contribution in [2.45, 2.75) is 43.6 Å². The highest BCUT2D eigenvalue weighted by molar-refractivity contribution is 7.80. The van der Waals surface area contributed by atoms with E-state index in [9.17, 15) is 29.4 Å². The van der Waals surface area contributed by atoms with Crippen molar-refractivity contribution in [1.29, 1.82) is 0 Å². The van der Waals surface area contributed by atoms with Crippen LogP contribution in [-0.2, 0) is 25.6 Å². The van der Waals surface area contributed by atoms with Crippen LogP contribution < -0.4 is 21.7 Å². The quantitative estimate of drug-likeness (QED) is 0.168. The number of aliphatic hydroxyl groups is 1. The van der Waals surface area contributed by atoms with Gasteiger partial charge in [-0.3, -0.25) is 14.4 Å². The average molecular weight is 473 g/mol. The molecule has 12 heteroatoms. The number of carbonyl (C=O) groups excluding carboxylic acids is 3. The Bertz CT molecular complexity index is 765. The molecule has 5 atom stereocenters. The minimum absolute atomic E-state index is 0.0496. The average Bonchev–Trinajstić information content (AvgIpc) is 2.74. The molecule has 0 spiro atoms. The third-order valence-corrected chi connectivity index (χ3v) is 5.07. The first-order valence-corrected chi connectivity index (χ1v) is 10.7. The molecule has 0 radical (unpaired) electrons. The molecule has 1 aromatic carbocycles. The Morgan fingerprint density at radius 2 is 1.48 bits per heavy atom. The van der Waals surface area contributed by atoms with Crippen molar-refractivity contribution in [3.8, 4) is 0 Å². The van der Waals surface area contributed by atoms with Crippen molar-refractivity contribution in [3.63, 3.8) is 0 Å². The van der Waals surface area contributed by atoms with Crippen LogP contribution in [0.1, 0.15) is 12.5 Å². The van der Waals surface area contributed by atoms with Crippen molar-refractivity contribution in [2.24, 2.45) is 5.73 Å². The first-order chi connectivity index (χ1) is 14.6. The van der Waals surface area contributed by atoms with Gasteiger partial charge in [-0.05, 0) is 12.5 Å². The van der Waals surface area contributed by atoms with E-state index in [-0.39, 0.29) is 17.9 Å². The Morgan fingerprint density at radius 1 is 0.935 bits per heavy atom. The molecule has 0 saturated carbocycles. The maximum atomic E-state index is 12.8. The highest BCUT2D eigenvalue weighted by Gasteiger charge is 2.31. The van der Waals surface area contributed by atoms with Gasteiger partial charge in [-0.15, -0.1) is 0 Å². The third kappa shape index (κ3) is 8.77. The predicted molar refractivity (Wildman–Crippen MR) is 121 cm³/mol. The number of hydrogen-bond donors (Lipinski definition) is 8. The number of nitrogens with two attached hydrogens (primary N) is 1. The minimum atomic E-state index is -1.56. The van der Waals surface area contributed by atoms with Crippen LogP contribution in [0.15, 0.2) is 30.3 Å². The largest absolute Gasteiger partial charge is 0.480 e. The summed E-state index contributed by atoms with van der Waals surface area (Å²) in [7, 11) is 0. The van der Waals surface area contributed by atoms with Crippen molar-refractivity contribution in [3.05, 3.63) is 35.9 Å². The number of aliphatic carboxylic acids is 1. The van der Waals surface area contributed by atoms with Crippen molar-refractivity contribution in [1.82, 2.24) is 16.0 Å². The fourth-order valence-corrected chi connectivity index (χ4v) is 2.95. The second-order valence-corrected chi connectivity index (χ2v) is 7.58. The molecule has 5 unspecified atom stereocenters. The smallest absolute Gasteiger partial charge is 0.328 e. The van der Waals surface area contributed by atoms with Gasteiger partial charge in [0.2, 0.25) is 17.7 Å². The number of aliphatic hydroxyl groups excluding tert-OH is 1. The number of carboxylic acids is 1. The molecule has 0 heterocycles. The molecule has 1 rings (SSSR count). The van der Waals surface area contributed by atoms with Gasteiger partial charge in [0.15, 0.2) is 6.04 Å². The summed E-state index contributed by atoms with van der Waals surface area (Å²) in [4.78, 5) is 48.7. The molecular formula is C19H28N4O6S2. The SMILES string of the molecule is CC(O)C(NC(=O)C(Cc1ccccc1)NC(=O)C(CS)NC(=O)C(N)CS)C(=O)O. The summed E-state index contributed by atoms with van der Waals surface area (Å²) in [6, 6.07) is 4.00. The molecule has 0 bridgehead atoms. The number of amides is 3. The van der Waals surface area contributed by atoms with E-state index in [1.807, 2.05) is 0 Å². The summed E-state index contributed by atoms with van der Waals surface area (Å²) in [6.07, 6.45) is -1.31. The zero-order valence-corrected chi connectivity index (χ0v) is 18.7. The predicted octanol–water partition coefficient (Wildman–Crippen LogP) is -1.66. The van der Waals surface area contributed by atoms with Gasteiger partial charge >= 0.3 is 5.97 Å². The monoisotopic (exact) mass is 472 g/mol. The van der Waals surface area contributed by atoms with Crippen LogP contribution in [0, 0.1) is 0 Å². The third-order valence-electron chi connectivity index (χ3n) is 4.31. The summed E-state index contributed by atoms with van der Waals surface area (Å²) in [6.45, 7) is 1.22. The van der Waals surface area contributed by atoms with Crippen LogP contribution in [-0.4, -0.2) is 75.7 Å². The zero-order valence-electron chi connectivity index (χ0n) is 16.9. The van der Waals surface area contributed by atoms with Crippen LogP contribution in [0.25, 0.3) is 0 Å².